The molecule has 0 spiro atoms. The summed E-state index contributed by atoms with van der Waals surface area (Å²) in [6.45, 7) is 2.64. The lowest BCUT2D eigenvalue weighted by Crippen LogP contribution is -2.09. The molecular weight excluding hydrogens is 428 g/mol. The van der Waals surface area contributed by atoms with Gasteiger partial charge in [0.2, 0.25) is 0 Å². The highest BCUT2D eigenvalue weighted by Gasteiger charge is 2.12. The highest BCUT2D eigenvalue weighted by Crippen LogP contribution is 2.24. The van der Waals surface area contributed by atoms with Gasteiger partial charge in [-0.25, -0.2) is 9.59 Å². The van der Waals surface area contributed by atoms with Gasteiger partial charge in [0.15, 0.2) is 0 Å². The third-order valence-electron chi connectivity index (χ3n) is 5.21. The Balaban J connectivity index is 1.63. The molecule has 0 heterocycles. The van der Waals surface area contributed by atoms with E-state index in [1.165, 1.54) is 81.7 Å². The van der Waals surface area contributed by atoms with Gasteiger partial charge in [-0.1, -0.05) is 76.3 Å². The molecule has 0 aliphatic heterocycles. The lowest BCUT2D eigenvalue weighted by atomic mass is 10.1. The van der Waals surface area contributed by atoms with E-state index in [1.807, 2.05) is 0 Å². The largest absolute Gasteiger partial charge is 0.506 e. The summed E-state index contributed by atoms with van der Waals surface area (Å²) in [5.74, 6) is -0.804. The minimum absolute atomic E-state index is 0.0694. The maximum Gasteiger partial charge on any atom is 0.343 e. The van der Waals surface area contributed by atoms with Crippen molar-refractivity contribution in [2.24, 2.45) is 0 Å². The van der Waals surface area contributed by atoms with Gasteiger partial charge in [-0.15, -0.1) is 0 Å². The maximum atomic E-state index is 12.2. The lowest BCUT2D eigenvalue weighted by Gasteiger charge is -2.07. The Labute approximate surface area is 195 Å². The molecule has 6 heteroatoms. The number of phenols is 1. The predicted octanol–water partition coefficient (Wildman–Crippen LogP) is 7.34. The number of phenolic OH excluding ortho intramolecular Hbond substituents is 1. The van der Waals surface area contributed by atoms with Gasteiger partial charge in [0.1, 0.15) is 11.5 Å². The summed E-state index contributed by atoms with van der Waals surface area (Å²) >= 11 is 5.81. The Morgan fingerprint density at radius 2 is 1.34 bits per heavy atom. The fourth-order valence-corrected chi connectivity index (χ4v) is 3.48. The number of rotatable bonds is 14. The van der Waals surface area contributed by atoms with E-state index in [1.54, 1.807) is 12.1 Å². The molecule has 0 amide bonds. The summed E-state index contributed by atoms with van der Waals surface area (Å²) in [6.07, 6.45) is 12.3. The van der Waals surface area contributed by atoms with Crippen LogP contribution in [0.1, 0.15) is 91.8 Å². The molecule has 0 radical (unpaired) electrons. The van der Waals surface area contributed by atoms with Crippen LogP contribution in [0.15, 0.2) is 42.5 Å². The molecule has 2 aromatic rings. The van der Waals surface area contributed by atoms with Crippen molar-refractivity contribution in [1.29, 1.82) is 0 Å². The topological polar surface area (TPSA) is 72.8 Å². The molecule has 0 fully saturated rings. The summed E-state index contributed by atoms with van der Waals surface area (Å²) in [6, 6.07) is 10.3. The molecule has 0 saturated heterocycles. The Morgan fingerprint density at radius 3 is 1.94 bits per heavy atom. The normalized spacial score (nSPS) is 10.7. The van der Waals surface area contributed by atoms with Crippen LogP contribution in [-0.4, -0.2) is 23.7 Å². The van der Waals surface area contributed by atoms with E-state index in [2.05, 4.69) is 6.92 Å². The van der Waals surface area contributed by atoms with Crippen molar-refractivity contribution in [2.45, 2.75) is 71.1 Å². The number of unbranched alkanes of at least 4 members (excludes halogenated alkanes) is 9. The Hall–Kier alpha value is -2.53. The molecule has 0 aliphatic carbocycles. The number of halogens is 1. The Morgan fingerprint density at radius 1 is 0.781 bits per heavy atom. The van der Waals surface area contributed by atoms with Crippen LogP contribution >= 0.6 is 11.6 Å². The Kier molecular flexibility index (Phi) is 11.7. The first-order valence-corrected chi connectivity index (χ1v) is 11.9. The quantitative estimate of drug-likeness (QED) is 0.181. The Bertz CT molecular complexity index is 848. The van der Waals surface area contributed by atoms with Gasteiger partial charge in [-0.05, 0) is 48.9 Å². The van der Waals surface area contributed by atoms with Gasteiger partial charge < -0.3 is 14.6 Å². The van der Waals surface area contributed by atoms with Crippen LogP contribution in [0.5, 0.6) is 11.5 Å². The van der Waals surface area contributed by atoms with Crippen LogP contribution < -0.4 is 4.74 Å². The average Bonchev–Trinajstić information content (AvgIpc) is 2.79. The zero-order valence-corrected chi connectivity index (χ0v) is 19.5. The number of esters is 2. The van der Waals surface area contributed by atoms with Crippen LogP contribution in [0.4, 0.5) is 0 Å². The number of aromatic hydroxyl groups is 1. The fraction of sp³-hybridized carbons (Fsp3) is 0.462. The van der Waals surface area contributed by atoms with Crippen LogP contribution in [0.2, 0.25) is 5.02 Å². The molecule has 2 rings (SSSR count). The zero-order valence-electron chi connectivity index (χ0n) is 18.8. The van der Waals surface area contributed by atoms with Gasteiger partial charge in [-0.3, -0.25) is 0 Å². The van der Waals surface area contributed by atoms with Crippen molar-refractivity contribution in [3.63, 3.8) is 0 Å². The van der Waals surface area contributed by atoms with Crippen molar-refractivity contribution in [1.82, 2.24) is 0 Å². The summed E-state index contributed by atoms with van der Waals surface area (Å²) in [4.78, 5) is 24.3. The molecule has 0 aromatic heterocycles. The third kappa shape index (κ3) is 9.31. The van der Waals surface area contributed by atoms with E-state index in [0.717, 1.165) is 12.8 Å². The average molecular weight is 461 g/mol. The molecule has 1 N–H and O–H groups in total. The number of benzene rings is 2. The number of ether oxygens (including phenoxy) is 2. The monoisotopic (exact) mass is 460 g/mol. The molecule has 0 saturated carbocycles. The van der Waals surface area contributed by atoms with Crippen molar-refractivity contribution in [2.75, 3.05) is 6.61 Å². The minimum atomic E-state index is -0.608. The molecule has 174 valence electrons. The second kappa shape index (κ2) is 14.5. The SMILES string of the molecule is CCCCCCCCCCCCOC(=O)c1ccc(OC(=O)c2ccc(O)c(Cl)c2)cc1. The molecule has 5 nitrogen and oxygen atoms in total. The molecule has 0 aliphatic rings. The molecular formula is C26H33ClO5. The van der Waals surface area contributed by atoms with Crippen LogP contribution in [-0.2, 0) is 4.74 Å². The number of carbonyl (C=O) groups is 2. The van der Waals surface area contributed by atoms with Crippen molar-refractivity contribution < 1.29 is 24.2 Å². The van der Waals surface area contributed by atoms with Gasteiger partial charge in [0.25, 0.3) is 0 Å². The second-order valence-corrected chi connectivity index (χ2v) is 8.31. The summed E-state index contributed by atoms with van der Waals surface area (Å²) < 4.78 is 10.6. The highest BCUT2D eigenvalue weighted by molar-refractivity contribution is 6.32. The fourth-order valence-electron chi connectivity index (χ4n) is 3.30. The smallest absolute Gasteiger partial charge is 0.343 e. The standard InChI is InChI=1S/C26H33ClO5/c1-2-3-4-5-6-7-8-9-10-11-18-31-25(29)20-12-15-22(16-13-20)32-26(30)21-14-17-24(28)23(27)19-21/h12-17,19,28H,2-11,18H2,1H3. The third-order valence-corrected chi connectivity index (χ3v) is 5.52. The number of hydrogen-bond acceptors (Lipinski definition) is 5. The van der Waals surface area contributed by atoms with Crippen molar-refractivity contribution >= 4 is 23.5 Å². The minimum Gasteiger partial charge on any atom is -0.506 e. The number of hydrogen-bond donors (Lipinski definition) is 1. The predicted molar refractivity (Wildman–Crippen MR) is 127 cm³/mol. The highest BCUT2D eigenvalue weighted by atomic mass is 35.5. The molecule has 0 atom stereocenters. The second-order valence-electron chi connectivity index (χ2n) is 7.90. The van der Waals surface area contributed by atoms with Crippen molar-refractivity contribution in [3.05, 3.63) is 58.6 Å². The van der Waals surface area contributed by atoms with Crippen LogP contribution in [0.25, 0.3) is 0 Å². The maximum absolute atomic E-state index is 12.2. The van der Waals surface area contributed by atoms with E-state index >= 15 is 0 Å². The lowest BCUT2D eigenvalue weighted by molar-refractivity contribution is 0.0497. The van der Waals surface area contributed by atoms with E-state index in [-0.39, 0.29) is 22.3 Å². The summed E-state index contributed by atoms with van der Waals surface area (Å²) in [5, 5.41) is 9.50. The van der Waals surface area contributed by atoms with Gasteiger partial charge >= 0.3 is 11.9 Å². The van der Waals surface area contributed by atoms with E-state index in [0.29, 0.717) is 17.9 Å². The van der Waals surface area contributed by atoms with Crippen LogP contribution in [0.3, 0.4) is 0 Å². The first kappa shape index (κ1) is 25.7. The van der Waals surface area contributed by atoms with Gasteiger partial charge in [-0.2, -0.15) is 0 Å². The summed E-state index contributed by atoms with van der Waals surface area (Å²) in [5.41, 5.74) is 0.623. The summed E-state index contributed by atoms with van der Waals surface area (Å²) in [7, 11) is 0. The zero-order chi connectivity index (χ0) is 23.2. The number of carbonyl (C=O) groups excluding carboxylic acids is 2. The van der Waals surface area contributed by atoms with Gasteiger partial charge in [0.05, 0.1) is 22.8 Å². The van der Waals surface area contributed by atoms with E-state index in [4.69, 9.17) is 21.1 Å². The van der Waals surface area contributed by atoms with E-state index in [9.17, 15) is 14.7 Å². The molecule has 0 unspecified atom stereocenters. The van der Waals surface area contributed by atoms with Gasteiger partial charge in [0, 0.05) is 0 Å². The first-order valence-electron chi connectivity index (χ1n) is 11.5. The molecule has 2 aromatic carbocycles. The molecule has 32 heavy (non-hydrogen) atoms. The first-order chi connectivity index (χ1) is 15.5. The van der Waals surface area contributed by atoms with E-state index < -0.39 is 5.97 Å². The van der Waals surface area contributed by atoms with Crippen LogP contribution in [0, 0.1) is 0 Å². The molecule has 0 bridgehead atoms. The van der Waals surface area contributed by atoms with Crippen molar-refractivity contribution in [3.8, 4) is 11.5 Å².